The van der Waals surface area contributed by atoms with Crippen LogP contribution in [0, 0.1) is 5.21 Å². The van der Waals surface area contributed by atoms with Gasteiger partial charge in [0.05, 0.1) is 6.61 Å². The van der Waals surface area contributed by atoms with Crippen molar-refractivity contribution in [2.75, 3.05) is 13.2 Å². The molecule has 1 saturated heterocycles. The fraction of sp³-hybridized carbons (Fsp3) is 1.00. The van der Waals surface area contributed by atoms with Crippen molar-refractivity contribution in [1.29, 1.82) is 0 Å². The number of hydrogen-bond acceptors (Lipinski definition) is 5. The topological polar surface area (TPSA) is 56.8 Å². The highest BCUT2D eigenvalue weighted by Crippen LogP contribution is 1.88. The van der Waals surface area contributed by atoms with E-state index in [0.29, 0.717) is 13.2 Å². The summed E-state index contributed by atoms with van der Waals surface area (Å²) in [6, 6.07) is 0. The van der Waals surface area contributed by atoms with Gasteiger partial charge in [0, 0.05) is 6.54 Å². The largest absolute Gasteiger partial charge is 0.736 e. The lowest BCUT2D eigenvalue weighted by Crippen LogP contribution is -2.36. The molecule has 1 fully saturated rings. The van der Waals surface area contributed by atoms with Crippen LogP contribution in [-0.4, -0.2) is 18.5 Å². The zero-order valence-electron chi connectivity index (χ0n) is 3.59. The highest BCUT2D eigenvalue weighted by molar-refractivity contribution is 4.33. The number of nitrogens with zero attached hydrogens (tertiary/aromatic N) is 1. The third-order valence-corrected chi connectivity index (χ3v) is 0.540. The molecule has 0 spiro atoms. The number of rotatable bonds is 0. The molecular formula is C2H5N2O3-. The van der Waals surface area contributed by atoms with Crippen molar-refractivity contribution < 1.29 is 9.78 Å². The first-order chi connectivity index (χ1) is 3.39. The van der Waals surface area contributed by atoms with Crippen molar-refractivity contribution in [2.24, 2.45) is 0 Å². The molecule has 7 heavy (non-hydrogen) atoms. The average molecular weight is 105 g/mol. The number of hydrogen-bond donors (Lipinski definition) is 1. The van der Waals surface area contributed by atoms with E-state index in [4.69, 9.17) is 0 Å². The molecule has 0 saturated carbocycles. The third kappa shape index (κ3) is 1.38. The Morgan fingerprint density at radius 1 is 1.71 bits per heavy atom. The second-order valence-corrected chi connectivity index (χ2v) is 1.04. The van der Waals surface area contributed by atoms with Gasteiger partial charge in [-0.2, -0.15) is 10.4 Å². The first kappa shape index (κ1) is 4.95. The second-order valence-electron chi connectivity index (χ2n) is 1.04. The van der Waals surface area contributed by atoms with Crippen LogP contribution in [0.25, 0.3) is 0 Å². The Morgan fingerprint density at radius 3 is 2.86 bits per heavy atom. The molecule has 0 unspecified atom stereocenters. The molecule has 0 aromatic carbocycles. The van der Waals surface area contributed by atoms with Crippen LogP contribution in [0.2, 0.25) is 0 Å². The number of hydroxylamine groups is 1. The highest BCUT2D eigenvalue weighted by Gasteiger charge is 1.97. The molecule has 0 radical (unpaired) electrons. The summed E-state index contributed by atoms with van der Waals surface area (Å²) < 4.78 is 0. The van der Waals surface area contributed by atoms with E-state index in [-0.39, 0.29) is 5.39 Å². The number of nitrogens with one attached hydrogen (secondary N) is 1. The average Bonchev–Trinajstić information content (AvgIpc) is 1.69. The Balaban J connectivity index is 2.12. The maximum absolute atomic E-state index is 9.87. The van der Waals surface area contributed by atoms with Crippen molar-refractivity contribution >= 4 is 0 Å². The van der Waals surface area contributed by atoms with Gasteiger partial charge in [-0.3, -0.25) is 4.84 Å². The minimum atomic E-state index is 0.0312. The Bertz CT molecular complexity index is 52.9. The maximum Gasteiger partial charge on any atom is 0.0849 e. The Labute approximate surface area is 40.2 Å². The van der Waals surface area contributed by atoms with Crippen LogP contribution in [0.3, 0.4) is 0 Å². The second kappa shape index (κ2) is 2.20. The van der Waals surface area contributed by atoms with Gasteiger partial charge >= 0.3 is 0 Å². The summed E-state index contributed by atoms with van der Waals surface area (Å²) in [5, 5.41) is 9.90. The SMILES string of the molecule is [O-]N1OCCNO1. The van der Waals surface area contributed by atoms with Crippen molar-refractivity contribution in [2.45, 2.75) is 0 Å². The molecule has 5 heteroatoms. The van der Waals surface area contributed by atoms with Crippen LogP contribution in [0.4, 0.5) is 0 Å². The van der Waals surface area contributed by atoms with Gasteiger partial charge in [0.25, 0.3) is 0 Å². The highest BCUT2D eigenvalue weighted by atomic mass is 17.2. The molecule has 1 rings (SSSR count). The summed E-state index contributed by atoms with van der Waals surface area (Å²) in [5.41, 5.74) is 2.32. The molecule has 0 atom stereocenters. The Hall–Kier alpha value is -0.200. The van der Waals surface area contributed by atoms with Crippen molar-refractivity contribution in [3.8, 4) is 0 Å². The summed E-state index contributed by atoms with van der Waals surface area (Å²) in [6.45, 7) is 0.919. The molecule has 1 aliphatic heterocycles. The molecule has 5 nitrogen and oxygen atoms in total. The lowest BCUT2D eigenvalue weighted by molar-refractivity contribution is -0.391. The van der Waals surface area contributed by atoms with E-state index in [9.17, 15) is 5.21 Å². The smallest absolute Gasteiger partial charge is 0.0849 e. The van der Waals surface area contributed by atoms with Crippen LogP contribution >= 0.6 is 0 Å². The van der Waals surface area contributed by atoms with Crippen LogP contribution in [0.1, 0.15) is 0 Å². The predicted molar refractivity (Wildman–Crippen MR) is 20.2 cm³/mol. The Kier molecular flexibility index (Phi) is 1.55. The summed E-state index contributed by atoms with van der Waals surface area (Å²) >= 11 is 0. The van der Waals surface area contributed by atoms with E-state index in [1.807, 2.05) is 0 Å². The predicted octanol–water partition coefficient (Wildman–Crippen LogP) is -0.832. The standard InChI is InChI=1S/C2H5N2O3/c5-4-6-2-1-3-7-4/h3H,1-2H2/q-1. The molecule has 1 aliphatic rings. The van der Waals surface area contributed by atoms with Gasteiger partial charge in [0.1, 0.15) is 0 Å². The van der Waals surface area contributed by atoms with Crippen molar-refractivity contribution in [1.82, 2.24) is 10.9 Å². The van der Waals surface area contributed by atoms with Crippen LogP contribution in [0.15, 0.2) is 0 Å². The van der Waals surface area contributed by atoms with E-state index in [0.717, 1.165) is 0 Å². The van der Waals surface area contributed by atoms with E-state index in [1.165, 1.54) is 0 Å². The van der Waals surface area contributed by atoms with Gasteiger partial charge in [-0.15, -0.1) is 5.39 Å². The summed E-state index contributed by atoms with van der Waals surface area (Å²) in [4.78, 5) is 8.35. The minimum absolute atomic E-state index is 0.0312. The van der Waals surface area contributed by atoms with E-state index >= 15 is 0 Å². The van der Waals surface area contributed by atoms with E-state index < -0.39 is 0 Å². The monoisotopic (exact) mass is 105 g/mol. The lowest BCUT2D eigenvalue weighted by Gasteiger charge is -2.28. The Morgan fingerprint density at radius 2 is 2.57 bits per heavy atom. The van der Waals surface area contributed by atoms with Gasteiger partial charge in [0.15, 0.2) is 0 Å². The molecule has 1 heterocycles. The molecule has 0 aliphatic carbocycles. The third-order valence-electron chi connectivity index (χ3n) is 0.540. The summed E-state index contributed by atoms with van der Waals surface area (Å²) in [6.07, 6.45) is 0. The normalized spacial score (nSPS) is 25.3. The lowest BCUT2D eigenvalue weighted by atomic mass is 10.7. The molecule has 0 bridgehead atoms. The van der Waals surface area contributed by atoms with Gasteiger partial charge in [-0.1, -0.05) is 0 Å². The quantitative estimate of drug-likeness (QED) is 0.435. The first-order valence-corrected chi connectivity index (χ1v) is 1.89. The fourth-order valence-electron chi connectivity index (χ4n) is 0.287. The molecule has 0 aromatic heterocycles. The van der Waals surface area contributed by atoms with E-state index in [2.05, 4.69) is 15.3 Å². The first-order valence-electron chi connectivity index (χ1n) is 1.89. The van der Waals surface area contributed by atoms with Crippen LogP contribution in [-0.2, 0) is 9.78 Å². The van der Waals surface area contributed by atoms with Crippen molar-refractivity contribution in [3.05, 3.63) is 5.21 Å². The molecule has 1 N–H and O–H groups in total. The van der Waals surface area contributed by atoms with Gasteiger partial charge in [-0.25, -0.2) is 0 Å². The van der Waals surface area contributed by atoms with Crippen molar-refractivity contribution in [3.63, 3.8) is 0 Å². The molecule has 42 valence electrons. The summed E-state index contributed by atoms with van der Waals surface area (Å²) in [7, 11) is 0. The van der Waals surface area contributed by atoms with Crippen LogP contribution in [0.5, 0.6) is 0 Å². The minimum Gasteiger partial charge on any atom is -0.736 e. The maximum atomic E-state index is 9.87. The molecular weight excluding hydrogens is 100 g/mol. The van der Waals surface area contributed by atoms with Gasteiger partial charge < -0.3 is 5.21 Å². The van der Waals surface area contributed by atoms with Gasteiger partial charge in [0.2, 0.25) is 0 Å². The zero-order chi connectivity index (χ0) is 5.11. The zero-order valence-corrected chi connectivity index (χ0v) is 3.59. The fourth-order valence-corrected chi connectivity index (χ4v) is 0.287. The summed E-state index contributed by atoms with van der Waals surface area (Å²) in [5.74, 6) is 0. The molecule has 0 aromatic rings. The molecule has 0 amide bonds. The van der Waals surface area contributed by atoms with E-state index in [1.54, 1.807) is 0 Å². The van der Waals surface area contributed by atoms with Crippen LogP contribution < -0.4 is 5.48 Å². The van der Waals surface area contributed by atoms with Gasteiger partial charge in [-0.05, 0) is 0 Å².